The lowest BCUT2D eigenvalue weighted by Gasteiger charge is -2.36. The number of nitrogens with one attached hydrogen (secondary N) is 4. The summed E-state index contributed by atoms with van der Waals surface area (Å²) < 4.78 is 0. The average Bonchev–Trinajstić information content (AvgIpc) is 3.58. The minimum atomic E-state index is 0.201. The Labute approximate surface area is 184 Å². The maximum Gasteiger partial charge on any atom is 0.204 e. The summed E-state index contributed by atoms with van der Waals surface area (Å²) >= 11 is 0. The van der Waals surface area contributed by atoms with Crippen LogP contribution >= 0.6 is 0 Å². The maximum atomic E-state index is 6.20. The summed E-state index contributed by atoms with van der Waals surface area (Å²) in [6, 6.07) is 14.9. The van der Waals surface area contributed by atoms with Crippen LogP contribution in [0.4, 0.5) is 0 Å². The molecule has 0 aliphatic carbocycles. The van der Waals surface area contributed by atoms with Gasteiger partial charge in [-0.2, -0.15) is 10.3 Å². The zero-order chi connectivity index (χ0) is 21.5. The molecule has 9 heteroatoms. The van der Waals surface area contributed by atoms with Gasteiger partial charge in [-0.05, 0) is 85.4 Å². The maximum absolute atomic E-state index is 6.20. The zero-order valence-electron chi connectivity index (χ0n) is 17.7. The van der Waals surface area contributed by atoms with Gasteiger partial charge in [-0.15, -0.1) is 10.2 Å². The molecule has 9 nitrogen and oxygen atoms in total. The van der Waals surface area contributed by atoms with E-state index in [9.17, 15) is 0 Å². The van der Waals surface area contributed by atoms with Crippen LogP contribution in [-0.4, -0.2) is 55.4 Å². The largest absolute Gasteiger partial charge is 0.353 e. The molecule has 1 aliphatic rings. The van der Waals surface area contributed by atoms with Crippen LogP contribution in [0.2, 0.25) is 0 Å². The van der Waals surface area contributed by atoms with Crippen molar-refractivity contribution in [3.63, 3.8) is 0 Å². The molecular weight excluding hydrogens is 402 g/mol. The Morgan fingerprint density at radius 2 is 1.88 bits per heavy atom. The van der Waals surface area contributed by atoms with Gasteiger partial charge in [0, 0.05) is 21.9 Å². The monoisotopic (exact) mass is 427 g/mol. The summed E-state index contributed by atoms with van der Waals surface area (Å²) in [6.45, 7) is 2.83. The van der Waals surface area contributed by atoms with Crippen molar-refractivity contribution in [3.05, 3.63) is 48.0 Å². The number of piperidine rings is 1. The Morgan fingerprint density at radius 1 is 0.969 bits per heavy atom. The van der Waals surface area contributed by atoms with Crippen molar-refractivity contribution < 1.29 is 0 Å². The van der Waals surface area contributed by atoms with E-state index in [0.717, 1.165) is 72.3 Å². The van der Waals surface area contributed by atoms with Crippen molar-refractivity contribution in [1.29, 1.82) is 0 Å². The van der Waals surface area contributed by atoms with Gasteiger partial charge in [0.25, 0.3) is 0 Å². The first-order valence-electron chi connectivity index (χ1n) is 11.0. The van der Waals surface area contributed by atoms with Gasteiger partial charge in [-0.1, -0.05) is 12.1 Å². The molecule has 2 aromatic carbocycles. The molecule has 6 rings (SSSR count). The highest BCUT2D eigenvalue weighted by atomic mass is 15.5. The van der Waals surface area contributed by atoms with Gasteiger partial charge in [0.1, 0.15) is 5.69 Å². The fourth-order valence-electron chi connectivity index (χ4n) is 4.91. The second-order valence-electron chi connectivity index (χ2n) is 8.80. The van der Waals surface area contributed by atoms with Crippen LogP contribution in [0.1, 0.15) is 18.4 Å². The highest BCUT2D eigenvalue weighted by molar-refractivity contribution is 5.97. The topological polar surface area (TPSA) is 137 Å². The van der Waals surface area contributed by atoms with Gasteiger partial charge in [0.05, 0.1) is 11.2 Å². The summed E-state index contributed by atoms with van der Waals surface area (Å²) in [6.07, 6.45) is 3.28. The number of aromatic amines is 3. The Morgan fingerprint density at radius 3 is 2.69 bits per heavy atom. The predicted molar refractivity (Wildman–Crippen MR) is 124 cm³/mol. The van der Waals surface area contributed by atoms with Gasteiger partial charge in [0.15, 0.2) is 0 Å². The van der Waals surface area contributed by atoms with E-state index >= 15 is 0 Å². The first-order chi connectivity index (χ1) is 15.7. The van der Waals surface area contributed by atoms with E-state index in [-0.39, 0.29) is 5.41 Å². The molecule has 0 saturated carbocycles. The Kier molecular flexibility index (Phi) is 4.51. The van der Waals surface area contributed by atoms with Crippen LogP contribution < -0.4 is 11.1 Å². The summed E-state index contributed by atoms with van der Waals surface area (Å²) in [5, 5.41) is 27.6. The van der Waals surface area contributed by atoms with Gasteiger partial charge in [-0.3, -0.25) is 5.10 Å². The second kappa shape index (κ2) is 7.54. The van der Waals surface area contributed by atoms with Crippen molar-refractivity contribution in [2.24, 2.45) is 11.1 Å². The van der Waals surface area contributed by atoms with Crippen molar-refractivity contribution in [3.8, 4) is 22.8 Å². The molecule has 32 heavy (non-hydrogen) atoms. The third-order valence-electron chi connectivity index (χ3n) is 6.78. The number of H-pyrrole nitrogens is 3. The van der Waals surface area contributed by atoms with Gasteiger partial charge >= 0.3 is 0 Å². The lowest BCUT2D eigenvalue weighted by molar-refractivity contribution is 0.210. The number of nitrogens with zero attached hydrogens (tertiary/aromatic N) is 4. The van der Waals surface area contributed by atoms with Crippen molar-refractivity contribution >= 4 is 21.8 Å². The third kappa shape index (κ3) is 3.26. The second-order valence-corrected chi connectivity index (χ2v) is 8.80. The van der Waals surface area contributed by atoms with Gasteiger partial charge in [-0.25, -0.2) is 0 Å². The number of nitrogens with two attached hydrogens (primary N) is 1. The van der Waals surface area contributed by atoms with Crippen LogP contribution in [0.3, 0.4) is 0 Å². The predicted octanol–water partition coefficient (Wildman–Crippen LogP) is 2.76. The molecule has 0 spiro atoms. The van der Waals surface area contributed by atoms with Crippen molar-refractivity contribution in [1.82, 2.24) is 41.1 Å². The van der Waals surface area contributed by atoms with Crippen LogP contribution in [0.25, 0.3) is 44.6 Å². The van der Waals surface area contributed by atoms with Crippen LogP contribution in [0.15, 0.2) is 42.5 Å². The van der Waals surface area contributed by atoms with Gasteiger partial charge in [0.2, 0.25) is 5.82 Å². The highest BCUT2D eigenvalue weighted by Gasteiger charge is 2.30. The Balaban J connectivity index is 1.33. The van der Waals surface area contributed by atoms with Crippen molar-refractivity contribution in [2.45, 2.75) is 19.3 Å². The van der Waals surface area contributed by atoms with E-state index < -0.39 is 0 Å². The lowest BCUT2D eigenvalue weighted by Crippen LogP contribution is -2.43. The number of aromatic nitrogens is 7. The molecular formula is C23H25N9. The SMILES string of the molecule is NCC1(Cc2ccc3[nH]c(-c4n[nH]c5cc(-c6nn[nH]n6)ccc45)cc3c2)CCNCC1. The van der Waals surface area contributed by atoms with Crippen LogP contribution in [0.5, 0.6) is 0 Å². The minimum absolute atomic E-state index is 0.201. The third-order valence-corrected chi connectivity index (χ3v) is 6.78. The van der Waals surface area contributed by atoms with E-state index in [0.29, 0.717) is 5.82 Å². The van der Waals surface area contributed by atoms with Gasteiger partial charge < -0.3 is 16.0 Å². The molecule has 0 bridgehead atoms. The zero-order valence-corrected chi connectivity index (χ0v) is 17.7. The van der Waals surface area contributed by atoms with Crippen LogP contribution in [-0.2, 0) is 6.42 Å². The van der Waals surface area contributed by atoms with E-state index in [1.165, 1.54) is 10.9 Å². The van der Waals surface area contributed by atoms with E-state index in [1.807, 2.05) is 18.2 Å². The number of tetrazole rings is 1. The Bertz CT molecular complexity index is 1370. The molecule has 4 heterocycles. The summed E-state index contributed by atoms with van der Waals surface area (Å²) in [7, 11) is 0. The molecule has 0 radical (unpaired) electrons. The summed E-state index contributed by atoms with van der Waals surface area (Å²) in [5.41, 5.74) is 12.6. The number of fused-ring (bicyclic) bond motifs is 2. The number of hydrogen-bond donors (Lipinski definition) is 5. The van der Waals surface area contributed by atoms with Crippen molar-refractivity contribution in [2.75, 3.05) is 19.6 Å². The lowest BCUT2D eigenvalue weighted by atomic mass is 9.74. The molecule has 1 aliphatic heterocycles. The summed E-state index contributed by atoms with van der Waals surface area (Å²) in [4.78, 5) is 3.53. The molecule has 3 aromatic heterocycles. The standard InChI is InChI=1S/C23H25N9/c24-13-23(5-7-25-8-6-23)12-14-1-4-18-16(9-14)11-20(26-18)21-17-3-2-15(10-19(17)27-28-21)22-29-31-32-30-22/h1-4,9-11,25-26H,5-8,12-13,24H2,(H,27,28)(H,29,30,31,32). The number of hydrogen-bond acceptors (Lipinski definition) is 6. The smallest absolute Gasteiger partial charge is 0.204 e. The fraction of sp³-hybridized carbons (Fsp3) is 0.304. The van der Waals surface area contributed by atoms with E-state index in [4.69, 9.17) is 5.73 Å². The molecule has 6 N–H and O–H groups in total. The molecule has 1 saturated heterocycles. The first-order valence-corrected chi connectivity index (χ1v) is 11.0. The average molecular weight is 428 g/mol. The number of benzene rings is 2. The molecule has 0 atom stereocenters. The number of rotatable bonds is 5. The molecule has 0 amide bonds. The summed E-state index contributed by atoms with van der Waals surface area (Å²) in [5.74, 6) is 0.560. The molecule has 1 fully saturated rings. The molecule has 0 unspecified atom stereocenters. The minimum Gasteiger partial charge on any atom is -0.353 e. The molecule has 162 valence electrons. The van der Waals surface area contributed by atoms with Crippen LogP contribution in [0, 0.1) is 5.41 Å². The first kappa shape index (κ1) is 19.1. The molecule has 5 aromatic rings. The normalized spacial score (nSPS) is 16.2. The fourth-order valence-corrected chi connectivity index (χ4v) is 4.91. The Hall–Kier alpha value is -3.56. The van der Waals surface area contributed by atoms with E-state index in [1.54, 1.807) is 0 Å². The highest BCUT2D eigenvalue weighted by Crippen LogP contribution is 2.34. The quantitative estimate of drug-likeness (QED) is 0.292. The van der Waals surface area contributed by atoms with E-state index in [2.05, 4.69) is 65.4 Å².